The van der Waals surface area contributed by atoms with E-state index in [-0.39, 0.29) is 35.5 Å². The standard InChI is InChI=1S/C24H27FN4O3/c1-2-28-20-9-5-6-10-21(20)29(24(28)32)16-13-22(30)26-17-11-14-27(15-12-17)23(31)18-7-3-4-8-19(18)25/h3-10,17H,2,11-16H2,1H3,(H,26,30). The number of rotatable bonds is 6. The van der Waals surface area contributed by atoms with Gasteiger partial charge in [-0.05, 0) is 44.0 Å². The minimum atomic E-state index is -0.521. The summed E-state index contributed by atoms with van der Waals surface area (Å²) in [6.07, 6.45) is 1.42. The number of imidazole rings is 1. The maximum Gasteiger partial charge on any atom is 0.329 e. The van der Waals surface area contributed by atoms with Crippen molar-refractivity contribution in [3.63, 3.8) is 0 Å². The zero-order valence-electron chi connectivity index (χ0n) is 18.1. The highest BCUT2D eigenvalue weighted by Crippen LogP contribution is 2.17. The van der Waals surface area contributed by atoms with Gasteiger partial charge in [-0.2, -0.15) is 0 Å². The van der Waals surface area contributed by atoms with Crippen molar-refractivity contribution < 1.29 is 14.0 Å². The molecular weight excluding hydrogens is 411 g/mol. The van der Waals surface area contributed by atoms with Crippen molar-refractivity contribution in [3.8, 4) is 0 Å². The molecule has 8 heteroatoms. The van der Waals surface area contributed by atoms with Crippen LogP contribution in [-0.2, 0) is 17.9 Å². The molecule has 1 aliphatic heterocycles. The molecule has 1 aromatic heterocycles. The number of nitrogens with zero attached hydrogens (tertiary/aromatic N) is 3. The van der Waals surface area contributed by atoms with E-state index in [0.717, 1.165) is 11.0 Å². The summed E-state index contributed by atoms with van der Waals surface area (Å²) in [6.45, 7) is 3.73. The zero-order valence-corrected chi connectivity index (χ0v) is 18.1. The van der Waals surface area contributed by atoms with Crippen molar-refractivity contribution in [2.24, 2.45) is 0 Å². The number of nitrogens with one attached hydrogen (secondary N) is 1. The van der Waals surface area contributed by atoms with E-state index in [0.29, 0.717) is 39.0 Å². The molecule has 32 heavy (non-hydrogen) atoms. The van der Waals surface area contributed by atoms with Crippen LogP contribution in [0.3, 0.4) is 0 Å². The molecule has 0 aliphatic carbocycles. The highest BCUT2D eigenvalue weighted by Gasteiger charge is 2.26. The van der Waals surface area contributed by atoms with Gasteiger partial charge in [-0.25, -0.2) is 9.18 Å². The summed E-state index contributed by atoms with van der Waals surface area (Å²) in [5.41, 5.74) is 1.66. The van der Waals surface area contributed by atoms with Crippen LogP contribution in [0.25, 0.3) is 11.0 Å². The number of carbonyl (C=O) groups excluding carboxylic acids is 2. The second kappa shape index (κ2) is 9.38. The van der Waals surface area contributed by atoms with E-state index in [2.05, 4.69) is 5.32 Å². The molecule has 7 nitrogen and oxygen atoms in total. The number of piperidine rings is 1. The molecule has 168 valence electrons. The fourth-order valence-corrected chi connectivity index (χ4v) is 4.34. The lowest BCUT2D eigenvalue weighted by atomic mass is 10.0. The van der Waals surface area contributed by atoms with Crippen molar-refractivity contribution >= 4 is 22.8 Å². The fraction of sp³-hybridized carbons (Fsp3) is 0.375. The molecule has 0 spiro atoms. The summed E-state index contributed by atoms with van der Waals surface area (Å²) in [4.78, 5) is 39.4. The molecule has 0 radical (unpaired) electrons. The average Bonchev–Trinajstić information content (AvgIpc) is 3.08. The Balaban J connectivity index is 1.31. The molecule has 0 saturated carbocycles. The van der Waals surface area contributed by atoms with Crippen molar-refractivity contribution in [2.45, 2.75) is 45.3 Å². The van der Waals surface area contributed by atoms with Crippen LogP contribution in [-0.4, -0.2) is 45.0 Å². The van der Waals surface area contributed by atoms with E-state index in [1.54, 1.807) is 26.2 Å². The first-order valence-corrected chi connectivity index (χ1v) is 11.0. The lowest BCUT2D eigenvalue weighted by Crippen LogP contribution is -2.46. The van der Waals surface area contributed by atoms with Gasteiger partial charge in [0.2, 0.25) is 5.91 Å². The topological polar surface area (TPSA) is 76.3 Å². The molecule has 1 saturated heterocycles. The first-order valence-electron chi connectivity index (χ1n) is 11.0. The summed E-state index contributed by atoms with van der Waals surface area (Å²) in [5.74, 6) is -0.962. The van der Waals surface area contributed by atoms with E-state index >= 15 is 0 Å². The van der Waals surface area contributed by atoms with Crippen LogP contribution in [0.4, 0.5) is 4.39 Å². The molecule has 1 N–H and O–H groups in total. The Morgan fingerprint density at radius 1 is 1.00 bits per heavy atom. The van der Waals surface area contributed by atoms with Crippen molar-refractivity contribution in [1.82, 2.24) is 19.4 Å². The van der Waals surface area contributed by atoms with Gasteiger partial charge >= 0.3 is 5.69 Å². The number of amides is 2. The highest BCUT2D eigenvalue weighted by molar-refractivity contribution is 5.94. The molecule has 0 unspecified atom stereocenters. The molecule has 0 atom stereocenters. The van der Waals surface area contributed by atoms with Gasteiger partial charge < -0.3 is 10.2 Å². The van der Waals surface area contributed by atoms with Crippen molar-refractivity contribution in [1.29, 1.82) is 0 Å². The van der Waals surface area contributed by atoms with E-state index in [9.17, 15) is 18.8 Å². The molecule has 1 aliphatic rings. The molecule has 2 aromatic carbocycles. The van der Waals surface area contributed by atoms with E-state index in [1.807, 2.05) is 31.2 Å². The van der Waals surface area contributed by atoms with Crippen LogP contribution < -0.4 is 11.0 Å². The number of benzene rings is 2. The van der Waals surface area contributed by atoms with Crippen molar-refractivity contribution in [2.75, 3.05) is 13.1 Å². The van der Waals surface area contributed by atoms with Gasteiger partial charge in [0.25, 0.3) is 5.91 Å². The Hall–Kier alpha value is -3.42. The van der Waals surface area contributed by atoms with Crippen LogP contribution in [0.5, 0.6) is 0 Å². The summed E-state index contributed by atoms with van der Waals surface area (Å²) in [6, 6.07) is 13.5. The molecular formula is C24H27FN4O3. The van der Waals surface area contributed by atoms with E-state index in [1.165, 1.54) is 12.1 Å². The maximum absolute atomic E-state index is 13.9. The van der Waals surface area contributed by atoms with Crippen LogP contribution >= 0.6 is 0 Å². The predicted octanol–water partition coefficient (Wildman–Crippen LogP) is 2.77. The minimum Gasteiger partial charge on any atom is -0.353 e. The molecule has 3 aromatic rings. The highest BCUT2D eigenvalue weighted by atomic mass is 19.1. The molecule has 1 fully saturated rings. The number of fused-ring (bicyclic) bond motifs is 1. The number of hydrogen-bond acceptors (Lipinski definition) is 3. The van der Waals surface area contributed by atoms with Gasteiger partial charge in [0, 0.05) is 38.6 Å². The molecule has 0 bridgehead atoms. The first-order chi connectivity index (χ1) is 15.5. The van der Waals surface area contributed by atoms with E-state index < -0.39 is 5.82 Å². The number of carbonyl (C=O) groups is 2. The molecule has 2 amide bonds. The Kier molecular flexibility index (Phi) is 6.39. The van der Waals surface area contributed by atoms with Crippen molar-refractivity contribution in [3.05, 3.63) is 70.4 Å². The third-order valence-electron chi connectivity index (χ3n) is 6.06. The van der Waals surface area contributed by atoms with Crippen LogP contribution in [0.2, 0.25) is 0 Å². The first kappa shape index (κ1) is 21.8. The summed E-state index contributed by atoms with van der Waals surface area (Å²) >= 11 is 0. The van der Waals surface area contributed by atoms with Gasteiger partial charge in [-0.3, -0.25) is 18.7 Å². The summed E-state index contributed by atoms with van der Waals surface area (Å²) in [7, 11) is 0. The normalized spacial score (nSPS) is 14.6. The predicted molar refractivity (Wildman–Crippen MR) is 120 cm³/mol. The minimum absolute atomic E-state index is 0.0409. The second-order valence-corrected chi connectivity index (χ2v) is 8.03. The quantitative estimate of drug-likeness (QED) is 0.643. The van der Waals surface area contributed by atoms with Crippen LogP contribution in [0, 0.1) is 5.82 Å². The number of halogens is 1. The molecule has 4 rings (SSSR count). The number of aromatic nitrogens is 2. The third kappa shape index (κ3) is 4.30. The van der Waals surface area contributed by atoms with Gasteiger partial charge in [0.05, 0.1) is 16.6 Å². The Bertz CT molecular complexity index is 1190. The monoisotopic (exact) mass is 438 g/mol. The lowest BCUT2D eigenvalue weighted by molar-refractivity contribution is -0.122. The maximum atomic E-state index is 13.9. The van der Waals surface area contributed by atoms with Gasteiger partial charge in [-0.15, -0.1) is 0 Å². The van der Waals surface area contributed by atoms with Gasteiger partial charge in [0.1, 0.15) is 5.82 Å². The Morgan fingerprint density at radius 2 is 1.62 bits per heavy atom. The largest absolute Gasteiger partial charge is 0.353 e. The smallest absolute Gasteiger partial charge is 0.329 e. The Labute approximate surface area is 185 Å². The van der Waals surface area contributed by atoms with Crippen LogP contribution in [0.15, 0.2) is 53.3 Å². The summed E-state index contributed by atoms with van der Waals surface area (Å²) < 4.78 is 17.2. The zero-order chi connectivity index (χ0) is 22.7. The Morgan fingerprint density at radius 3 is 2.28 bits per heavy atom. The molecule has 2 heterocycles. The number of hydrogen-bond donors (Lipinski definition) is 1. The van der Waals surface area contributed by atoms with Crippen LogP contribution in [0.1, 0.15) is 36.5 Å². The van der Waals surface area contributed by atoms with Gasteiger partial charge in [-0.1, -0.05) is 24.3 Å². The SMILES string of the molecule is CCn1c(=O)n(CCC(=O)NC2CCN(C(=O)c3ccccc3F)CC2)c2ccccc21. The third-order valence-corrected chi connectivity index (χ3v) is 6.06. The number of aryl methyl sites for hydroxylation is 2. The summed E-state index contributed by atoms with van der Waals surface area (Å²) in [5, 5.41) is 3.01. The lowest BCUT2D eigenvalue weighted by Gasteiger charge is -2.32. The number of likely N-dealkylation sites (tertiary alicyclic amines) is 1. The number of para-hydroxylation sites is 2. The average molecular weight is 439 g/mol. The second-order valence-electron chi connectivity index (χ2n) is 8.03. The van der Waals surface area contributed by atoms with E-state index in [4.69, 9.17) is 0 Å². The fourth-order valence-electron chi connectivity index (χ4n) is 4.34. The van der Waals surface area contributed by atoms with Gasteiger partial charge in [0.15, 0.2) is 0 Å².